The van der Waals surface area contributed by atoms with Crippen LogP contribution in [0.1, 0.15) is 18.6 Å². The van der Waals surface area contributed by atoms with Crippen molar-refractivity contribution in [3.8, 4) is 11.4 Å². The van der Waals surface area contributed by atoms with Gasteiger partial charge in [-0.15, -0.1) is 20.4 Å². The van der Waals surface area contributed by atoms with Gasteiger partial charge < -0.3 is 9.15 Å². The van der Waals surface area contributed by atoms with E-state index < -0.39 is 0 Å². The Balaban J connectivity index is 1.51. The molecular formula is C16H18N6O3S2. The number of carbonyl (C=O) groups is 1. The highest BCUT2D eigenvalue weighted by molar-refractivity contribution is 7.99. The molecule has 3 aromatic rings. The zero-order chi connectivity index (χ0) is 18.6. The number of amides is 1. The third-order valence-corrected chi connectivity index (χ3v) is 5.74. The third-order valence-electron chi connectivity index (χ3n) is 4.17. The summed E-state index contributed by atoms with van der Waals surface area (Å²) in [6, 6.07) is 1.88. The summed E-state index contributed by atoms with van der Waals surface area (Å²) in [4.78, 5) is 12.1. The number of hydrogen-bond donors (Lipinski definition) is 1. The minimum atomic E-state index is -0.163. The van der Waals surface area contributed by atoms with Gasteiger partial charge in [0.05, 0.1) is 30.2 Å². The molecule has 9 nitrogen and oxygen atoms in total. The fourth-order valence-electron chi connectivity index (χ4n) is 2.88. The summed E-state index contributed by atoms with van der Waals surface area (Å²) in [5.41, 5.74) is 2.46. The maximum Gasteiger partial charge on any atom is 0.236 e. The molecule has 1 amide bonds. The zero-order valence-corrected chi connectivity index (χ0v) is 16.3. The molecule has 1 aliphatic heterocycles. The Kier molecular flexibility index (Phi) is 5.50. The number of furan rings is 1. The van der Waals surface area contributed by atoms with Gasteiger partial charge in [-0.1, -0.05) is 23.1 Å². The van der Waals surface area contributed by atoms with Crippen LogP contribution in [0.2, 0.25) is 0 Å². The van der Waals surface area contributed by atoms with Crippen LogP contribution >= 0.6 is 23.1 Å². The Labute approximate surface area is 163 Å². The molecule has 4 rings (SSSR count). The fourth-order valence-corrected chi connectivity index (χ4v) is 4.09. The molecule has 1 saturated heterocycles. The van der Waals surface area contributed by atoms with Gasteiger partial charge >= 0.3 is 0 Å². The lowest BCUT2D eigenvalue weighted by Gasteiger charge is -2.14. The van der Waals surface area contributed by atoms with Crippen molar-refractivity contribution in [2.75, 3.05) is 17.7 Å². The molecule has 1 N–H and O–H groups in total. The molecule has 0 bridgehead atoms. The number of nitrogens with zero attached hydrogens (tertiary/aromatic N) is 5. The molecule has 0 radical (unpaired) electrons. The van der Waals surface area contributed by atoms with Gasteiger partial charge in [0.15, 0.2) is 11.0 Å². The Morgan fingerprint density at radius 2 is 2.37 bits per heavy atom. The third kappa shape index (κ3) is 4.20. The van der Waals surface area contributed by atoms with Crippen LogP contribution in [-0.2, 0) is 16.1 Å². The summed E-state index contributed by atoms with van der Waals surface area (Å²) < 4.78 is 13.2. The van der Waals surface area contributed by atoms with Crippen LogP contribution in [0.15, 0.2) is 27.4 Å². The van der Waals surface area contributed by atoms with Crippen LogP contribution in [0.5, 0.6) is 0 Å². The Bertz CT molecular complexity index is 901. The van der Waals surface area contributed by atoms with Gasteiger partial charge in [0.2, 0.25) is 11.0 Å². The number of nitrogens with one attached hydrogen (secondary N) is 1. The van der Waals surface area contributed by atoms with E-state index in [9.17, 15) is 4.79 Å². The van der Waals surface area contributed by atoms with Gasteiger partial charge in [-0.3, -0.25) is 14.7 Å². The molecule has 1 fully saturated rings. The smallest absolute Gasteiger partial charge is 0.236 e. The quantitative estimate of drug-likeness (QED) is 0.597. The lowest BCUT2D eigenvalue weighted by atomic mass is 10.2. The highest BCUT2D eigenvalue weighted by Gasteiger charge is 2.23. The average molecular weight is 406 g/mol. The molecule has 142 valence electrons. The molecule has 0 aliphatic carbocycles. The lowest BCUT2D eigenvalue weighted by molar-refractivity contribution is -0.113. The minimum absolute atomic E-state index is 0.126. The Hall–Kier alpha value is -2.24. The summed E-state index contributed by atoms with van der Waals surface area (Å²) >= 11 is 2.61. The molecular weight excluding hydrogens is 388 g/mol. The lowest BCUT2D eigenvalue weighted by Crippen LogP contribution is -2.18. The number of anilines is 1. The van der Waals surface area contributed by atoms with E-state index in [1.165, 1.54) is 23.1 Å². The first-order valence-electron chi connectivity index (χ1n) is 8.49. The van der Waals surface area contributed by atoms with Crippen molar-refractivity contribution in [2.45, 2.75) is 37.6 Å². The molecule has 27 heavy (non-hydrogen) atoms. The van der Waals surface area contributed by atoms with Gasteiger partial charge in [-0.25, -0.2) is 0 Å². The van der Waals surface area contributed by atoms with Crippen molar-refractivity contribution >= 4 is 34.1 Å². The van der Waals surface area contributed by atoms with Gasteiger partial charge in [0.25, 0.3) is 0 Å². The van der Waals surface area contributed by atoms with Crippen molar-refractivity contribution in [1.82, 2.24) is 25.0 Å². The van der Waals surface area contributed by atoms with E-state index in [0.29, 0.717) is 16.8 Å². The fraction of sp³-hybridized carbons (Fsp3) is 0.438. The largest absolute Gasteiger partial charge is 0.469 e. The number of ether oxygens (including phenoxy) is 1. The van der Waals surface area contributed by atoms with Crippen LogP contribution in [0.25, 0.3) is 11.4 Å². The summed E-state index contributed by atoms with van der Waals surface area (Å²) in [6.45, 7) is 3.32. The standard InChI is InChI=1S/C16H18N6O3S2/c1-10-12(4-6-24-10)14-19-21-16(22(14)7-11-3-2-5-25-11)26-8-13(23)18-15-20-17-9-27-15/h4,6,9,11H,2-3,5,7-8H2,1H3,(H,18,20,23). The predicted octanol–water partition coefficient (Wildman–Crippen LogP) is 2.61. The molecule has 4 heterocycles. The first kappa shape index (κ1) is 18.1. The number of aryl methyl sites for hydroxylation is 1. The van der Waals surface area contributed by atoms with Crippen LogP contribution in [-0.4, -0.2) is 49.3 Å². The first-order chi connectivity index (χ1) is 13.2. The summed E-state index contributed by atoms with van der Waals surface area (Å²) in [5.74, 6) is 1.54. The van der Waals surface area contributed by atoms with E-state index in [1.54, 1.807) is 11.8 Å². The SMILES string of the molecule is Cc1occc1-c1nnc(SCC(=O)Nc2nncs2)n1CC1CCCO1. The van der Waals surface area contributed by atoms with Crippen LogP contribution in [0.3, 0.4) is 0 Å². The highest BCUT2D eigenvalue weighted by atomic mass is 32.2. The van der Waals surface area contributed by atoms with Crippen molar-refractivity contribution < 1.29 is 13.9 Å². The Morgan fingerprint density at radius 3 is 3.07 bits per heavy atom. The number of thioether (sulfide) groups is 1. The number of rotatable bonds is 7. The van der Waals surface area contributed by atoms with E-state index in [1.807, 2.05) is 17.6 Å². The molecule has 11 heteroatoms. The van der Waals surface area contributed by atoms with Gasteiger partial charge in [-0.2, -0.15) is 0 Å². The number of carbonyl (C=O) groups excluding carboxylic acids is 1. The van der Waals surface area contributed by atoms with Gasteiger partial charge in [0, 0.05) is 6.61 Å². The summed E-state index contributed by atoms with van der Waals surface area (Å²) in [7, 11) is 0. The monoisotopic (exact) mass is 406 g/mol. The average Bonchev–Trinajstić information content (AvgIpc) is 3.42. The van der Waals surface area contributed by atoms with Crippen molar-refractivity contribution in [2.24, 2.45) is 0 Å². The van der Waals surface area contributed by atoms with E-state index in [4.69, 9.17) is 9.15 Å². The minimum Gasteiger partial charge on any atom is -0.469 e. The molecule has 1 aliphatic rings. The highest BCUT2D eigenvalue weighted by Crippen LogP contribution is 2.29. The second-order valence-corrected chi connectivity index (χ2v) is 7.80. The summed E-state index contributed by atoms with van der Waals surface area (Å²) in [6.07, 6.45) is 3.82. The summed E-state index contributed by atoms with van der Waals surface area (Å²) in [5, 5.41) is 20.0. The second kappa shape index (κ2) is 8.19. The molecule has 0 spiro atoms. The molecule has 1 unspecified atom stereocenters. The molecule has 0 saturated carbocycles. The van der Waals surface area contributed by atoms with Crippen molar-refractivity contribution in [3.05, 3.63) is 23.6 Å². The van der Waals surface area contributed by atoms with Gasteiger partial charge in [0.1, 0.15) is 11.3 Å². The second-order valence-electron chi connectivity index (χ2n) is 6.02. The topological polar surface area (TPSA) is 108 Å². The van der Waals surface area contributed by atoms with E-state index in [-0.39, 0.29) is 17.8 Å². The van der Waals surface area contributed by atoms with E-state index >= 15 is 0 Å². The molecule has 0 aromatic carbocycles. The van der Waals surface area contributed by atoms with Crippen LogP contribution in [0, 0.1) is 6.92 Å². The van der Waals surface area contributed by atoms with Crippen molar-refractivity contribution in [3.63, 3.8) is 0 Å². The van der Waals surface area contributed by atoms with E-state index in [2.05, 4.69) is 25.7 Å². The zero-order valence-electron chi connectivity index (χ0n) is 14.6. The van der Waals surface area contributed by atoms with Crippen LogP contribution < -0.4 is 5.32 Å². The van der Waals surface area contributed by atoms with Crippen molar-refractivity contribution in [1.29, 1.82) is 0 Å². The maximum atomic E-state index is 12.1. The molecule has 1 atom stereocenters. The van der Waals surface area contributed by atoms with E-state index in [0.717, 1.165) is 36.6 Å². The first-order valence-corrected chi connectivity index (χ1v) is 10.4. The van der Waals surface area contributed by atoms with Crippen LogP contribution in [0.4, 0.5) is 5.13 Å². The van der Waals surface area contributed by atoms with Gasteiger partial charge in [-0.05, 0) is 25.8 Å². The normalized spacial score (nSPS) is 16.7. The maximum absolute atomic E-state index is 12.1. The Morgan fingerprint density at radius 1 is 1.44 bits per heavy atom. The predicted molar refractivity (Wildman–Crippen MR) is 101 cm³/mol. The molecule has 3 aromatic heterocycles. The number of aromatic nitrogens is 5. The number of hydrogen-bond acceptors (Lipinski definition) is 9.